The van der Waals surface area contributed by atoms with Gasteiger partial charge in [-0.15, -0.1) is 0 Å². The molecular formula is C12H18. The van der Waals surface area contributed by atoms with Gasteiger partial charge in [0.1, 0.15) is 0 Å². The molecule has 5 atom stereocenters. The average molecular weight is 162 g/mol. The molecule has 0 heteroatoms. The maximum Gasteiger partial charge on any atom is -0.0168 e. The topological polar surface area (TPSA) is 0 Å². The fraction of sp³-hybridized carbons (Fsp3) is 0.833. The summed E-state index contributed by atoms with van der Waals surface area (Å²) in [7, 11) is 0. The van der Waals surface area contributed by atoms with E-state index >= 15 is 0 Å². The molecule has 0 radical (unpaired) electrons. The monoisotopic (exact) mass is 162 g/mol. The van der Waals surface area contributed by atoms with Crippen LogP contribution in [0.1, 0.15) is 32.6 Å². The van der Waals surface area contributed by atoms with Gasteiger partial charge in [-0.3, -0.25) is 0 Å². The molecule has 3 rings (SSSR count). The number of fused-ring (bicyclic) bond motifs is 5. The highest BCUT2D eigenvalue weighted by Crippen LogP contribution is 2.59. The summed E-state index contributed by atoms with van der Waals surface area (Å²) in [5.41, 5.74) is 0. The second-order valence-electron chi connectivity index (χ2n) is 4.97. The van der Waals surface area contributed by atoms with Crippen molar-refractivity contribution >= 4 is 0 Å². The standard InChI is InChI=1S/C12H18/c1-2-8-6-9-7-12(8)11-5-3-4-10(9)11/h3,5,8-12H,2,4,6-7H2,1H3. The van der Waals surface area contributed by atoms with E-state index in [1.54, 1.807) is 12.8 Å². The van der Waals surface area contributed by atoms with Gasteiger partial charge in [0.15, 0.2) is 0 Å². The highest BCUT2D eigenvalue weighted by Gasteiger charge is 2.51. The zero-order valence-corrected chi connectivity index (χ0v) is 7.87. The predicted molar refractivity (Wildman–Crippen MR) is 50.7 cm³/mol. The predicted octanol–water partition coefficient (Wildman–Crippen LogP) is 3.24. The minimum absolute atomic E-state index is 1.01. The molecule has 2 fully saturated rings. The Labute approximate surface area is 75.0 Å². The molecule has 0 nitrogen and oxygen atoms in total. The van der Waals surface area contributed by atoms with E-state index in [2.05, 4.69) is 19.1 Å². The Morgan fingerprint density at radius 1 is 1.25 bits per heavy atom. The van der Waals surface area contributed by atoms with Crippen LogP contribution in [-0.4, -0.2) is 0 Å². The van der Waals surface area contributed by atoms with Gasteiger partial charge in [0, 0.05) is 0 Å². The molecule has 0 spiro atoms. The summed E-state index contributed by atoms with van der Waals surface area (Å²) in [5.74, 6) is 5.37. The van der Waals surface area contributed by atoms with Gasteiger partial charge in [-0.25, -0.2) is 0 Å². The summed E-state index contributed by atoms with van der Waals surface area (Å²) in [4.78, 5) is 0. The molecule has 0 amide bonds. The van der Waals surface area contributed by atoms with E-state index in [1.165, 1.54) is 12.8 Å². The van der Waals surface area contributed by atoms with Gasteiger partial charge in [0.2, 0.25) is 0 Å². The van der Waals surface area contributed by atoms with E-state index in [4.69, 9.17) is 0 Å². The quantitative estimate of drug-likeness (QED) is 0.519. The van der Waals surface area contributed by atoms with Gasteiger partial charge in [0.05, 0.1) is 0 Å². The van der Waals surface area contributed by atoms with E-state index in [1.807, 2.05) is 0 Å². The lowest BCUT2D eigenvalue weighted by atomic mass is 9.75. The van der Waals surface area contributed by atoms with Gasteiger partial charge >= 0.3 is 0 Å². The molecule has 2 saturated carbocycles. The fourth-order valence-electron chi connectivity index (χ4n) is 4.15. The van der Waals surface area contributed by atoms with Crippen LogP contribution in [0.25, 0.3) is 0 Å². The van der Waals surface area contributed by atoms with Crippen LogP contribution in [0.5, 0.6) is 0 Å². The lowest BCUT2D eigenvalue weighted by molar-refractivity contribution is 0.207. The van der Waals surface area contributed by atoms with Crippen LogP contribution in [0.15, 0.2) is 12.2 Å². The molecule has 0 N–H and O–H groups in total. The van der Waals surface area contributed by atoms with Gasteiger partial charge in [-0.2, -0.15) is 0 Å². The van der Waals surface area contributed by atoms with Gasteiger partial charge in [0.25, 0.3) is 0 Å². The molecule has 3 aliphatic carbocycles. The maximum atomic E-state index is 2.52. The third-order valence-electron chi connectivity index (χ3n) is 4.67. The van der Waals surface area contributed by atoms with Crippen molar-refractivity contribution < 1.29 is 0 Å². The van der Waals surface area contributed by atoms with E-state index in [0.29, 0.717) is 0 Å². The summed E-state index contributed by atoms with van der Waals surface area (Å²) in [6, 6.07) is 0. The SMILES string of the molecule is CCC1CC2CC1C1C=CCC21. The third kappa shape index (κ3) is 0.739. The first kappa shape index (κ1) is 7.17. The highest BCUT2D eigenvalue weighted by molar-refractivity contribution is 5.13. The second-order valence-corrected chi connectivity index (χ2v) is 4.97. The Kier molecular flexibility index (Phi) is 1.42. The summed E-state index contributed by atoms with van der Waals surface area (Å²) < 4.78 is 0. The first-order chi connectivity index (χ1) is 5.90. The minimum atomic E-state index is 1.01. The highest BCUT2D eigenvalue weighted by atomic mass is 14.6. The van der Waals surface area contributed by atoms with Crippen molar-refractivity contribution in [2.24, 2.45) is 29.6 Å². The van der Waals surface area contributed by atoms with Crippen molar-refractivity contribution in [1.82, 2.24) is 0 Å². The second kappa shape index (κ2) is 2.37. The van der Waals surface area contributed by atoms with Crippen LogP contribution in [0.4, 0.5) is 0 Å². The van der Waals surface area contributed by atoms with Gasteiger partial charge in [-0.05, 0) is 48.9 Å². The summed E-state index contributed by atoms with van der Waals surface area (Å²) in [6.45, 7) is 2.37. The van der Waals surface area contributed by atoms with E-state index in [9.17, 15) is 0 Å². The van der Waals surface area contributed by atoms with Crippen molar-refractivity contribution in [2.75, 3.05) is 0 Å². The van der Waals surface area contributed by atoms with Crippen molar-refractivity contribution in [1.29, 1.82) is 0 Å². The molecule has 12 heavy (non-hydrogen) atoms. The van der Waals surface area contributed by atoms with E-state index < -0.39 is 0 Å². The van der Waals surface area contributed by atoms with Crippen molar-refractivity contribution in [3.63, 3.8) is 0 Å². The van der Waals surface area contributed by atoms with Crippen LogP contribution in [-0.2, 0) is 0 Å². The molecule has 66 valence electrons. The molecule has 3 aliphatic rings. The van der Waals surface area contributed by atoms with Crippen molar-refractivity contribution in [2.45, 2.75) is 32.6 Å². The van der Waals surface area contributed by atoms with Gasteiger partial charge in [-0.1, -0.05) is 25.5 Å². The summed E-state index contributed by atoms with van der Waals surface area (Å²) in [5, 5.41) is 0. The van der Waals surface area contributed by atoms with Gasteiger partial charge < -0.3 is 0 Å². The Hall–Kier alpha value is -0.260. The average Bonchev–Trinajstić information content (AvgIpc) is 2.75. The Balaban J connectivity index is 1.87. The Morgan fingerprint density at radius 2 is 2.17 bits per heavy atom. The summed E-state index contributed by atoms with van der Waals surface area (Å²) in [6.07, 6.45) is 10.9. The number of hydrogen-bond donors (Lipinski definition) is 0. The number of allylic oxidation sites excluding steroid dienone is 2. The summed E-state index contributed by atoms with van der Waals surface area (Å²) >= 11 is 0. The normalized spacial score (nSPS) is 54.9. The zero-order chi connectivity index (χ0) is 8.13. The molecule has 0 heterocycles. The maximum absolute atomic E-state index is 2.52. The van der Waals surface area contributed by atoms with E-state index in [0.717, 1.165) is 29.6 Å². The van der Waals surface area contributed by atoms with Crippen LogP contribution in [0, 0.1) is 29.6 Å². The zero-order valence-electron chi connectivity index (χ0n) is 7.87. The van der Waals surface area contributed by atoms with Crippen LogP contribution < -0.4 is 0 Å². The molecule has 0 aromatic carbocycles. The Morgan fingerprint density at radius 3 is 3.00 bits per heavy atom. The molecule has 2 bridgehead atoms. The molecule has 0 aliphatic heterocycles. The third-order valence-corrected chi connectivity index (χ3v) is 4.67. The first-order valence-corrected chi connectivity index (χ1v) is 5.56. The number of hydrogen-bond acceptors (Lipinski definition) is 0. The van der Waals surface area contributed by atoms with Crippen LogP contribution in [0.2, 0.25) is 0 Å². The molecule has 0 aromatic rings. The molecule has 0 saturated heterocycles. The van der Waals surface area contributed by atoms with Crippen molar-refractivity contribution in [3.05, 3.63) is 12.2 Å². The van der Waals surface area contributed by atoms with Crippen molar-refractivity contribution in [3.8, 4) is 0 Å². The number of rotatable bonds is 1. The fourth-order valence-corrected chi connectivity index (χ4v) is 4.15. The smallest absolute Gasteiger partial charge is 0.0168 e. The van der Waals surface area contributed by atoms with Crippen LogP contribution >= 0.6 is 0 Å². The lowest BCUT2D eigenvalue weighted by Gasteiger charge is -2.30. The minimum Gasteiger partial charge on any atom is -0.0879 e. The molecule has 0 aromatic heterocycles. The van der Waals surface area contributed by atoms with Crippen LogP contribution in [0.3, 0.4) is 0 Å². The van der Waals surface area contributed by atoms with E-state index in [-0.39, 0.29) is 0 Å². The first-order valence-electron chi connectivity index (χ1n) is 5.56. The molecular weight excluding hydrogens is 144 g/mol. The largest absolute Gasteiger partial charge is 0.0879 e. The molecule has 5 unspecified atom stereocenters. The lowest BCUT2D eigenvalue weighted by Crippen LogP contribution is -2.23. The Bertz CT molecular complexity index is 216.